The second-order valence-electron chi connectivity index (χ2n) is 7.64. The Bertz CT molecular complexity index is 411. The highest BCUT2D eigenvalue weighted by Gasteiger charge is 2.34. The van der Waals surface area contributed by atoms with E-state index in [0.29, 0.717) is 19.6 Å². The molecule has 1 aliphatic carbocycles. The van der Waals surface area contributed by atoms with Gasteiger partial charge in [0.1, 0.15) is 5.60 Å². The first-order chi connectivity index (χ1) is 11.3. The van der Waals surface area contributed by atoms with Crippen LogP contribution in [0.15, 0.2) is 0 Å². The Kier molecular flexibility index (Phi) is 8.04. The molecule has 0 spiro atoms. The first-order valence-corrected chi connectivity index (χ1v) is 9.56. The lowest BCUT2D eigenvalue weighted by Crippen LogP contribution is -2.57. The summed E-state index contributed by atoms with van der Waals surface area (Å²) < 4.78 is 5.44. The van der Waals surface area contributed by atoms with Crippen molar-refractivity contribution >= 4 is 12.0 Å². The van der Waals surface area contributed by atoms with Crippen LogP contribution in [-0.4, -0.2) is 53.1 Å². The standard InChI is InChI=1S/C17H30N2O3.C2H6/c1-13-12-18(15(20)14-8-6-5-7-9-14)10-11-19(13)16(21)22-17(2,3)4;1-2/h13-14H,5-12H2,1-4H3;1-2H3/t13-;/m0./s1. The first-order valence-electron chi connectivity index (χ1n) is 9.56. The van der Waals surface area contributed by atoms with Gasteiger partial charge in [-0.1, -0.05) is 33.1 Å². The van der Waals surface area contributed by atoms with E-state index in [-0.39, 0.29) is 24.0 Å². The van der Waals surface area contributed by atoms with Gasteiger partial charge in [0.15, 0.2) is 0 Å². The van der Waals surface area contributed by atoms with E-state index in [4.69, 9.17) is 4.74 Å². The summed E-state index contributed by atoms with van der Waals surface area (Å²) in [5.41, 5.74) is -0.480. The fraction of sp³-hybridized carbons (Fsp3) is 0.895. The second kappa shape index (κ2) is 9.28. The Morgan fingerprint density at radius 2 is 1.58 bits per heavy atom. The summed E-state index contributed by atoms with van der Waals surface area (Å²) in [7, 11) is 0. The Hall–Kier alpha value is -1.26. The molecule has 1 aliphatic heterocycles. The molecule has 2 fully saturated rings. The summed E-state index contributed by atoms with van der Waals surface area (Å²) in [6.45, 7) is 13.4. The molecule has 1 heterocycles. The zero-order valence-corrected chi connectivity index (χ0v) is 16.4. The molecule has 5 nitrogen and oxygen atoms in total. The Balaban J connectivity index is 0.00000139. The van der Waals surface area contributed by atoms with Crippen LogP contribution in [0.1, 0.15) is 73.6 Å². The third-order valence-corrected chi connectivity index (χ3v) is 4.52. The molecule has 0 aromatic heterocycles. The lowest BCUT2D eigenvalue weighted by molar-refractivity contribution is -0.139. The number of amides is 2. The van der Waals surface area contributed by atoms with E-state index in [9.17, 15) is 9.59 Å². The summed E-state index contributed by atoms with van der Waals surface area (Å²) in [5, 5.41) is 0. The zero-order valence-electron chi connectivity index (χ0n) is 16.4. The Labute approximate surface area is 147 Å². The minimum absolute atomic E-state index is 0.0103. The fourth-order valence-corrected chi connectivity index (χ4v) is 3.36. The second-order valence-corrected chi connectivity index (χ2v) is 7.64. The van der Waals surface area contributed by atoms with Crippen molar-refractivity contribution in [1.29, 1.82) is 0 Å². The molecule has 2 aliphatic rings. The van der Waals surface area contributed by atoms with Gasteiger partial charge in [0.05, 0.1) is 0 Å². The molecule has 24 heavy (non-hydrogen) atoms. The van der Waals surface area contributed by atoms with Crippen molar-refractivity contribution in [3.63, 3.8) is 0 Å². The van der Waals surface area contributed by atoms with Gasteiger partial charge in [0.25, 0.3) is 0 Å². The molecule has 0 radical (unpaired) electrons. The van der Waals surface area contributed by atoms with Crippen LogP contribution in [0.2, 0.25) is 0 Å². The maximum absolute atomic E-state index is 12.6. The highest BCUT2D eigenvalue weighted by molar-refractivity contribution is 5.79. The van der Waals surface area contributed by atoms with E-state index in [2.05, 4.69) is 0 Å². The predicted octanol–water partition coefficient (Wildman–Crippen LogP) is 4.06. The number of ether oxygens (including phenoxy) is 1. The van der Waals surface area contributed by atoms with Gasteiger partial charge in [-0.3, -0.25) is 4.79 Å². The Morgan fingerprint density at radius 3 is 2.08 bits per heavy atom. The summed E-state index contributed by atoms with van der Waals surface area (Å²) >= 11 is 0. The van der Waals surface area contributed by atoms with Gasteiger partial charge in [-0.05, 0) is 40.5 Å². The summed E-state index contributed by atoms with van der Waals surface area (Å²) in [6.07, 6.45) is 5.38. The minimum atomic E-state index is -0.480. The van der Waals surface area contributed by atoms with Crippen molar-refractivity contribution in [2.24, 2.45) is 5.92 Å². The van der Waals surface area contributed by atoms with Crippen LogP contribution < -0.4 is 0 Å². The van der Waals surface area contributed by atoms with Crippen molar-refractivity contribution in [1.82, 2.24) is 9.80 Å². The number of carbonyl (C=O) groups excluding carboxylic acids is 2. The van der Waals surface area contributed by atoms with Gasteiger partial charge < -0.3 is 14.5 Å². The topological polar surface area (TPSA) is 49.9 Å². The number of piperazine rings is 1. The largest absolute Gasteiger partial charge is 0.444 e. The molecule has 1 saturated heterocycles. The van der Waals surface area contributed by atoms with Gasteiger partial charge in [-0.15, -0.1) is 0 Å². The summed E-state index contributed by atoms with van der Waals surface area (Å²) in [6, 6.07) is 0.0103. The molecule has 0 unspecified atom stereocenters. The minimum Gasteiger partial charge on any atom is -0.444 e. The highest BCUT2D eigenvalue weighted by Crippen LogP contribution is 2.26. The average molecular weight is 341 g/mol. The zero-order chi connectivity index (χ0) is 18.3. The van der Waals surface area contributed by atoms with E-state index in [1.807, 2.05) is 46.4 Å². The van der Waals surface area contributed by atoms with Crippen molar-refractivity contribution in [3.05, 3.63) is 0 Å². The molecule has 1 saturated carbocycles. The van der Waals surface area contributed by atoms with E-state index < -0.39 is 5.60 Å². The molecule has 5 heteroatoms. The number of hydrogen-bond donors (Lipinski definition) is 0. The van der Waals surface area contributed by atoms with E-state index in [1.54, 1.807) is 4.90 Å². The molecular weight excluding hydrogens is 304 g/mol. The number of rotatable bonds is 1. The van der Waals surface area contributed by atoms with Crippen LogP contribution in [0.3, 0.4) is 0 Å². The van der Waals surface area contributed by atoms with Crippen LogP contribution >= 0.6 is 0 Å². The van der Waals surface area contributed by atoms with Crippen molar-refractivity contribution in [3.8, 4) is 0 Å². The molecule has 140 valence electrons. The maximum Gasteiger partial charge on any atom is 0.410 e. The van der Waals surface area contributed by atoms with Gasteiger partial charge in [-0.2, -0.15) is 0 Å². The molecular formula is C19H36N2O3. The van der Waals surface area contributed by atoms with Crippen LogP contribution in [-0.2, 0) is 9.53 Å². The van der Waals surface area contributed by atoms with Gasteiger partial charge in [-0.25, -0.2) is 4.79 Å². The molecule has 2 rings (SSSR count). The van der Waals surface area contributed by atoms with Gasteiger partial charge in [0.2, 0.25) is 5.91 Å². The monoisotopic (exact) mass is 340 g/mol. The van der Waals surface area contributed by atoms with Crippen molar-refractivity contribution in [2.75, 3.05) is 19.6 Å². The fourth-order valence-electron chi connectivity index (χ4n) is 3.36. The summed E-state index contributed by atoms with van der Waals surface area (Å²) in [5.74, 6) is 0.490. The molecule has 1 atom stereocenters. The van der Waals surface area contributed by atoms with Crippen molar-refractivity contribution < 1.29 is 14.3 Å². The molecule has 0 aromatic carbocycles. The summed E-state index contributed by atoms with van der Waals surface area (Å²) in [4.78, 5) is 28.5. The van der Waals surface area contributed by atoms with E-state index >= 15 is 0 Å². The number of hydrogen-bond acceptors (Lipinski definition) is 3. The third-order valence-electron chi connectivity index (χ3n) is 4.52. The third kappa shape index (κ3) is 5.99. The lowest BCUT2D eigenvalue weighted by atomic mass is 9.88. The Morgan fingerprint density at radius 1 is 1.00 bits per heavy atom. The van der Waals surface area contributed by atoms with Crippen LogP contribution in [0.4, 0.5) is 4.79 Å². The number of nitrogens with zero attached hydrogens (tertiary/aromatic N) is 2. The number of carbonyl (C=O) groups is 2. The first kappa shape index (κ1) is 20.8. The maximum atomic E-state index is 12.6. The lowest BCUT2D eigenvalue weighted by Gasteiger charge is -2.41. The molecule has 0 N–H and O–H groups in total. The normalized spacial score (nSPS) is 22.5. The quantitative estimate of drug-likeness (QED) is 0.723. The van der Waals surface area contributed by atoms with Crippen LogP contribution in [0.5, 0.6) is 0 Å². The van der Waals surface area contributed by atoms with E-state index in [1.165, 1.54) is 19.3 Å². The predicted molar refractivity (Wildman–Crippen MR) is 96.9 cm³/mol. The highest BCUT2D eigenvalue weighted by atomic mass is 16.6. The smallest absolute Gasteiger partial charge is 0.410 e. The SMILES string of the molecule is CC.C[C@H]1CN(C(=O)C2CCCCC2)CCN1C(=O)OC(C)(C)C. The van der Waals surface area contributed by atoms with Gasteiger partial charge in [0, 0.05) is 31.6 Å². The van der Waals surface area contributed by atoms with E-state index in [0.717, 1.165) is 12.8 Å². The molecule has 2 amide bonds. The molecule has 0 bridgehead atoms. The molecule has 0 aromatic rings. The van der Waals surface area contributed by atoms with Crippen LogP contribution in [0, 0.1) is 5.92 Å². The van der Waals surface area contributed by atoms with Gasteiger partial charge >= 0.3 is 6.09 Å². The average Bonchev–Trinajstić information content (AvgIpc) is 2.55. The van der Waals surface area contributed by atoms with Crippen molar-refractivity contribution in [2.45, 2.75) is 85.3 Å². The van der Waals surface area contributed by atoms with Crippen LogP contribution in [0.25, 0.3) is 0 Å².